The van der Waals surface area contributed by atoms with E-state index in [2.05, 4.69) is 38.9 Å². The number of nitrogens with zero attached hydrogens (tertiary/aromatic N) is 4. The van der Waals surface area contributed by atoms with E-state index < -0.39 is 0 Å². The van der Waals surface area contributed by atoms with E-state index in [0.717, 1.165) is 47.3 Å². The molecule has 1 aliphatic rings. The molecular weight excluding hydrogens is 372 g/mol. The van der Waals surface area contributed by atoms with Gasteiger partial charge in [0.05, 0.1) is 10.2 Å². The summed E-state index contributed by atoms with van der Waals surface area (Å²) in [6.07, 6.45) is 6.69. The summed E-state index contributed by atoms with van der Waals surface area (Å²) in [6, 6.07) is 0. The summed E-state index contributed by atoms with van der Waals surface area (Å²) in [5.74, 6) is 1.71. The number of anilines is 1. The van der Waals surface area contributed by atoms with Gasteiger partial charge in [-0.3, -0.25) is 0 Å². The fraction of sp³-hybridized carbons (Fsp3) is 0.571. The van der Waals surface area contributed by atoms with Gasteiger partial charge in [-0.2, -0.15) is 0 Å². The Morgan fingerprint density at radius 3 is 2.48 bits per heavy atom. The zero-order chi connectivity index (χ0) is 19.1. The molecule has 0 spiro atoms. The van der Waals surface area contributed by atoms with Crippen LogP contribution in [0.4, 0.5) is 5.82 Å². The van der Waals surface area contributed by atoms with Crippen LogP contribution in [0.15, 0.2) is 5.16 Å². The minimum atomic E-state index is 0.628. The third-order valence-electron chi connectivity index (χ3n) is 5.43. The average Bonchev–Trinajstić information content (AvgIpc) is 3.26. The molecule has 6 heteroatoms. The molecule has 27 heavy (non-hydrogen) atoms. The summed E-state index contributed by atoms with van der Waals surface area (Å²) in [5, 5.41) is 2.17. The van der Waals surface area contributed by atoms with Crippen LogP contribution in [0, 0.1) is 5.92 Å². The molecule has 0 radical (unpaired) electrons. The standard InChI is InChI=1S/C21H28N4S2/c1-6-25(7-2)19-18-17(23-21(24-19)26-5)16-14-10-8-9-13(14)15(11-12(3)4)22-20(16)27-18/h12H,6-11H2,1-5H3. The van der Waals surface area contributed by atoms with Gasteiger partial charge in [-0.15, -0.1) is 11.3 Å². The van der Waals surface area contributed by atoms with E-state index in [9.17, 15) is 0 Å². The Balaban J connectivity index is 2.05. The molecule has 3 aromatic heterocycles. The molecule has 3 aromatic rings. The molecule has 144 valence electrons. The van der Waals surface area contributed by atoms with Crippen molar-refractivity contribution in [3.63, 3.8) is 0 Å². The summed E-state index contributed by atoms with van der Waals surface area (Å²) < 4.78 is 1.20. The van der Waals surface area contributed by atoms with Crippen LogP contribution < -0.4 is 4.90 Å². The number of hydrogen-bond acceptors (Lipinski definition) is 6. The number of pyridine rings is 1. The second kappa shape index (κ2) is 7.55. The van der Waals surface area contributed by atoms with Crippen LogP contribution in [0.3, 0.4) is 0 Å². The summed E-state index contributed by atoms with van der Waals surface area (Å²) in [4.78, 5) is 18.5. The van der Waals surface area contributed by atoms with Crippen molar-refractivity contribution in [2.45, 2.75) is 58.5 Å². The molecule has 4 nitrogen and oxygen atoms in total. The van der Waals surface area contributed by atoms with Crippen LogP contribution in [-0.4, -0.2) is 34.3 Å². The van der Waals surface area contributed by atoms with Crippen molar-refractivity contribution in [2.24, 2.45) is 5.92 Å². The number of rotatable bonds is 6. The monoisotopic (exact) mass is 400 g/mol. The Morgan fingerprint density at radius 1 is 1.07 bits per heavy atom. The number of aryl methyl sites for hydroxylation is 1. The summed E-state index contributed by atoms with van der Waals surface area (Å²) >= 11 is 3.42. The summed E-state index contributed by atoms with van der Waals surface area (Å²) in [6.45, 7) is 10.9. The SMILES string of the molecule is CCN(CC)c1nc(SC)nc2c1sc1nc(CC(C)C)c3c(c12)CCC3. The van der Waals surface area contributed by atoms with Gasteiger partial charge in [-0.25, -0.2) is 15.0 Å². The van der Waals surface area contributed by atoms with Crippen molar-refractivity contribution in [3.05, 3.63) is 16.8 Å². The van der Waals surface area contributed by atoms with Crippen LogP contribution in [0.1, 0.15) is 50.9 Å². The average molecular weight is 401 g/mol. The highest BCUT2D eigenvalue weighted by atomic mass is 32.2. The van der Waals surface area contributed by atoms with Gasteiger partial charge in [0.1, 0.15) is 4.83 Å². The fourth-order valence-corrected chi connectivity index (χ4v) is 5.74. The van der Waals surface area contributed by atoms with Crippen molar-refractivity contribution in [1.29, 1.82) is 0 Å². The lowest BCUT2D eigenvalue weighted by Crippen LogP contribution is -2.23. The maximum absolute atomic E-state index is 5.16. The van der Waals surface area contributed by atoms with Gasteiger partial charge in [-0.05, 0) is 62.8 Å². The normalized spacial score (nSPS) is 13.9. The Labute approximate surface area is 169 Å². The minimum Gasteiger partial charge on any atom is -0.356 e. The van der Waals surface area contributed by atoms with Gasteiger partial charge in [0, 0.05) is 24.2 Å². The quantitative estimate of drug-likeness (QED) is 0.404. The number of hydrogen-bond donors (Lipinski definition) is 0. The van der Waals surface area contributed by atoms with E-state index in [1.807, 2.05) is 0 Å². The zero-order valence-corrected chi connectivity index (χ0v) is 18.6. The molecule has 0 saturated heterocycles. The van der Waals surface area contributed by atoms with Gasteiger partial charge in [0.15, 0.2) is 11.0 Å². The van der Waals surface area contributed by atoms with Crippen molar-refractivity contribution in [2.75, 3.05) is 24.2 Å². The van der Waals surface area contributed by atoms with E-state index in [1.165, 1.54) is 39.7 Å². The van der Waals surface area contributed by atoms with Gasteiger partial charge >= 0.3 is 0 Å². The molecule has 0 unspecified atom stereocenters. The molecule has 0 aliphatic heterocycles. The minimum absolute atomic E-state index is 0.628. The second-order valence-electron chi connectivity index (χ2n) is 7.63. The molecule has 0 bridgehead atoms. The molecular formula is C21H28N4S2. The van der Waals surface area contributed by atoms with E-state index in [4.69, 9.17) is 15.0 Å². The molecule has 0 saturated carbocycles. The molecule has 4 rings (SSSR count). The Kier molecular flexibility index (Phi) is 5.30. The maximum atomic E-state index is 5.16. The molecule has 3 heterocycles. The molecule has 0 atom stereocenters. The lowest BCUT2D eigenvalue weighted by atomic mass is 9.99. The predicted molar refractivity (Wildman–Crippen MR) is 119 cm³/mol. The van der Waals surface area contributed by atoms with Crippen molar-refractivity contribution >= 4 is 49.3 Å². The third kappa shape index (κ3) is 3.21. The van der Waals surface area contributed by atoms with Crippen molar-refractivity contribution < 1.29 is 0 Å². The molecule has 0 fully saturated rings. The Bertz CT molecular complexity index is 989. The number of aromatic nitrogens is 3. The number of thiophene rings is 1. The first-order valence-electron chi connectivity index (χ1n) is 10.0. The molecule has 1 aliphatic carbocycles. The van der Waals surface area contributed by atoms with Gasteiger partial charge in [0.2, 0.25) is 0 Å². The van der Waals surface area contributed by atoms with Gasteiger partial charge < -0.3 is 4.90 Å². The van der Waals surface area contributed by atoms with Crippen LogP contribution in [0.25, 0.3) is 20.4 Å². The first kappa shape index (κ1) is 18.9. The highest BCUT2D eigenvalue weighted by Crippen LogP contribution is 2.43. The predicted octanol–water partition coefficient (Wildman–Crippen LogP) is 5.49. The first-order valence-corrected chi connectivity index (χ1v) is 12.0. The third-order valence-corrected chi connectivity index (χ3v) is 7.04. The first-order chi connectivity index (χ1) is 13.1. The van der Waals surface area contributed by atoms with Crippen molar-refractivity contribution in [1.82, 2.24) is 15.0 Å². The van der Waals surface area contributed by atoms with Crippen LogP contribution >= 0.6 is 23.1 Å². The number of thioether (sulfide) groups is 1. The lowest BCUT2D eigenvalue weighted by Gasteiger charge is -2.20. The molecule has 0 amide bonds. The highest BCUT2D eigenvalue weighted by molar-refractivity contribution is 7.98. The molecule has 0 aromatic carbocycles. The second-order valence-corrected chi connectivity index (χ2v) is 9.41. The number of fused-ring (bicyclic) bond motifs is 5. The van der Waals surface area contributed by atoms with E-state index in [1.54, 1.807) is 23.1 Å². The Hall–Kier alpha value is -1.40. The fourth-order valence-electron chi connectivity index (χ4n) is 4.19. The largest absolute Gasteiger partial charge is 0.356 e. The summed E-state index contributed by atoms with van der Waals surface area (Å²) in [7, 11) is 0. The Morgan fingerprint density at radius 2 is 1.81 bits per heavy atom. The van der Waals surface area contributed by atoms with Crippen LogP contribution in [0.2, 0.25) is 0 Å². The van der Waals surface area contributed by atoms with E-state index >= 15 is 0 Å². The maximum Gasteiger partial charge on any atom is 0.189 e. The van der Waals surface area contributed by atoms with Gasteiger partial charge in [-0.1, -0.05) is 25.6 Å². The smallest absolute Gasteiger partial charge is 0.189 e. The van der Waals surface area contributed by atoms with E-state index in [0.29, 0.717) is 5.92 Å². The topological polar surface area (TPSA) is 41.9 Å². The summed E-state index contributed by atoms with van der Waals surface area (Å²) in [5.41, 5.74) is 5.46. The van der Waals surface area contributed by atoms with E-state index in [-0.39, 0.29) is 0 Å². The highest BCUT2D eigenvalue weighted by Gasteiger charge is 2.25. The zero-order valence-electron chi connectivity index (χ0n) is 16.9. The lowest BCUT2D eigenvalue weighted by molar-refractivity contribution is 0.632. The molecule has 0 N–H and O–H groups in total. The van der Waals surface area contributed by atoms with Crippen LogP contribution in [0.5, 0.6) is 0 Å². The van der Waals surface area contributed by atoms with Crippen molar-refractivity contribution in [3.8, 4) is 0 Å². The van der Waals surface area contributed by atoms with Gasteiger partial charge in [0.25, 0.3) is 0 Å². The van der Waals surface area contributed by atoms with Crippen LogP contribution in [-0.2, 0) is 19.3 Å².